The van der Waals surface area contributed by atoms with Crippen molar-refractivity contribution in [3.05, 3.63) is 102 Å². The van der Waals surface area contributed by atoms with Gasteiger partial charge in [-0.2, -0.15) is 0 Å². The summed E-state index contributed by atoms with van der Waals surface area (Å²) in [5.41, 5.74) is 7.79. The van der Waals surface area contributed by atoms with Gasteiger partial charge in [-0.25, -0.2) is 15.0 Å². The van der Waals surface area contributed by atoms with E-state index in [1.807, 2.05) is 46.3 Å². The first-order chi connectivity index (χ1) is 26.7. The highest BCUT2D eigenvalue weighted by atomic mass is 16.5. The first-order valence-electron chi connectivity index (χ1n) is 19.5. The van der Waals surface area contributed by atoms with Crippen LogP contribution in [-0.2, 0) is 29.3 Å². The van der Waals surface area contributed by atoms with Crippen molar-refractivity contribution in [2.24, 2.45) is 11.8 Å². The van der Waals surface area contributed by atoms with Crippen LogP contribution < -0.4 is 10.6 Å². The Hall–Kier alpha value is -5.52. The van der Waals surface area contributed by atoms with Gasteiger partial charge in [0.1, 0.15) is 30.0 Å². The monoisotopic (exact) mass is 740 g/mol. The lowest BCUT2D eigenvalue weighted by atomic mass is 9.92. The SMILES string of the molecule is CCCN(Cc1ncc(-c2ccc3c(c2)COc2cc4c(ccc5[nH]c(CN(CCC)C(=O)[C@@H](c6ccccc6)N(C)N)nc54)cc2-3)[nH]1)C(=O)C[C@@H](C)CC. The molecule has 4 aromatic carbocycles. The normalized spacial score (nSPS) is 13.4. The quantitative estimate of drug-likeness (QED) is 0.0715. The number of H-pyrrole nitrogens is 2. The Kier molecular flexibility index (Phi) is 11.3. The van der Waals surface area contributed by atoms with Gasteiger partial charge in [-0.3, -0.25) is 15.4 Å². The molecule has 11 heteroatoms. The molecule has 2 aromatic heterocycles. The molecule has 3 heterocycles. The second-order valence-corrected chi connectivity index (χ2v) is 14.9. The lowest BCUT2D eigenvalue weighted by molar-refractivity contribution is -0.137. The number of likely N-dealkylation sites (N-methyl/N-ethyl adjacent to an activating group) is 1. The molecule has 0 unspecified atom stereocenters. The maximum Gasteiger partial charge on any atom is 0.246 e. The fourth-order valence-electron chi connectivity index (χ4n) is 7.56. The zero-order chi connectivity index (χ0) is 38.6. The van der Waals surface area contributed by atoms with Crippen molar-refractivity contribution in [3.8, 4) is 28.1 Å². The minimum atomic E-state index is -0.602. The molecule has 0 aliphatic carbocycles. The van der Waals surface area contributed by atoms with E-state index in [2.05, 4.69) is 85.1 Å². The highest BCUT2D eigenvalue weighted by Gasteiger charge is 2.29. The van der Waals surface area contributed by atoms with Crippen LogP contribution in [0.3, 0.4) is 0 Å². The highest BCUT2D eigenvalue weighted by Crippen LogP contribution is 2.42. The van der Waals surface area contributed by atoms with Gasteiger partial charge in [0, 0.05) is 37.5 Å². The average Bonchev–Trinajstić information content (AvgIpc) is 3.84. The molecule has 0 fully saturated rings. The van der Waals surface area contributed by atoms with Crippen LogP contribution in [0.5, 0.6) is 5.75 Å². The number of carbonyl (C=O) groups is 2. The van der Waals surface area contributed by atoms with Crippen molar-refractivity contribution in [3.63, 3.8) is 0 Å². The number of imidazole rings is 2. The fraction of sp³-hybridized carbons (Fsp3) is 0.364. The summed E-state index contributed by atoms with van der Waals surface area (Å²) in [4.78, 5) is 47.3. The minimum absolute atomic E-state index is 0.0665. The summed E-state index contributed by atoms with van der Waals surface area (Å²) < 4.78 is 6.40. The van der Waals surface area contributed by atoms with Crippen molar-refractivity contribution < 1.29 is 14.3 Å². The van der Waals surface area contributed by atoms with Crippen LogP contribution in [0.2, 0.25) is 0 Å². The Bertz CT molecular complexity index is 2300. The van der Waals surface area contributed by atoms with E-state index in [1.54, 1.807) is 7.05 Å². The van der Waals surface area contributed by atoms with Crippen molar-refractivity contribution in [2.45, 2.75) is 79.1 Å². The molecule has 7 rings (SSSR count). The molecule has 0 bridgehead atoms. The van der Waals surface area contributed by atoms with Gasteiger partial charge in [0.15, 0.2) is 0 Å². The average molecular weight is 741 g/mol. The lowest BCUT2D eigenvalue weighted by Gasteiger charge is -2.30. The summed E-state index contributed by atoms with van der Waals surface area (Å²) in [6, 6.07) is 23.9. The third-order valence-corrected chi connectivity index (χ3v) is 10.6. The number of carbonyl (C=O) groups excluding carboxylic acids is 2. The third kappa shape index (κ3) is 7.99. The van der Waals surface area contributed by atoms with Crippen LogP contribution in [0.25, 0.3) is 44.2 Å². The highest BCUT2D eigenvalue weighted by molar-refractivity contribution is 6.07. The molecular formula is C44H52N8O3. The predicted octanol–water partition coefficient (Wildman–Crippen LogP) is 8.13. The fourth-order valence-corrected chi connectivity index (χ4v) is 7.56. The van der Waals surface area contributed by atoms with E-state index in [0.29, 0.717) is 50.9 Å². The summed E-state index contributed by atoms with van der Waals surface area (Å²) in [5, 5.41) is 3.52. The maximum absolute atomic E-state index is 13.9. The van der Waals surface area contributed by atoms with Crippen LogP contribution in [-0.4, -0.2) is 66.7 Å². The van der Waals surface area contributed by atoms with Crippen molar-refractivity contribution in [1.29, 1.82) is 0 Å². The molecule has 0 saturated carbocycles. The van der Waals surface area contributed by atoms with Crippen LogP contribution in [0.1, 0.15) is 82.2 Å². The minimum Gasteiger partial charge on any atom is -0.488 e. The summed E-state index contributed by atoms with van der Waals surface area (Å²) in [6.07, 6.45) is 5.10. The Morgan fingerprint density at radius 2 is 1.65 bits per heavy atom. The lowest BCUT2D eigenvalue weighted by Crippen LogP contribution is -2.44. The van der Waals surface area contributed by atoms with Gasteiger partial charge in [0.25, 0.3) is 0 Å². The Balaban J connectivity index is 1.12. The molecule has 286 valence electrons. The van der Waals surface area contributed by atoms with E-state index < -0.39 is 6.04 Å². The number of hydrogen-bond acceptors (Lipinski definition) is 7. The van der Waals surface area contributed by atoms with Crippen molar-refractivity contribution in [2.75, 3.05) is 20.1 Å². The molecule has 2 amide bonds. The van der Waals surface area contributed by atoms with E-state index in [4.69, 9.17) is 15.6 Å². The number of aromatic nitrogens is 4. The summed E-state index contributed by atoms with van der Waals surface area (Å²) in [7, 11) is 1.73. The molecule has 0 spiro atoms. The summed E-state index contributed by atoms with van der Waals surface area (Å²) in [6.45, 7) is 10.9. The first kappa shape index (κ1) is 37.8. The van der Waals surface area contributed by atoms with Gasteiger partial charge in [0.2, 0.25) is 11.8 Å². The van der Waals surface area contributed by atoms with Crippen LogP contribution >= 0.6 is 0 Å². The number of ether oxygens (including phenoxy) is 1. The van der Waals surface area contributed by atoms with Crippen molar-refractivity contribution in [1.82, 2.24) is 34.7 Å². The smallest absolute Gasteiger partial charge is 0.246 e. The first-order valence-corrected chi connectivity index (χ1v) is 19.5. The second kappa shape index (κ2) is 16.5. The molecular weight excluding hydrogens is 689 g/mol. The van der Waals surface area contributed by atoms with Crippen LogP contribution in [0.4, 0.5) is 0 Å². The number of nitrogens with one attached hydrogen (secondary N) is 2. The summed E-state index contributed by atoms with van der Waals surface area (Å²) in [5.74, 6) is 9.00. The Labute approximate surface area is 322 Å². The number of fused-ring (bicyclic) bond motifs is 6. The Morgan fingerprint density at radius 3 is 2.40 bits per heavy atom. The zero-order valence-electron chi connectivity index (χ0n) is 32.6. The van der Waals surface area contributed by atoms with Gasteiger partial charge in [-0.1, -0.05) is 82.6 Å². The topological polar surface area (TPSA) is 136 Å². The van der Waals surface area contributed by atoms with E-state index in [9.17, 15) is 9.59 Å². The molecule has 0 saturated heterocycles. The van der Waals surface area contributed by atoms with Gasteiger partial charge in [0.05, 0.1) is 36.0 Å². The van der Waals surface area contributed by atoms with Gasteiger partial charge < -0.3 is 24.5 Å². The molecule has 11 nitrogen and oxygen atoms in total. The van der Waals surface area contributed by atoms with E-state index in [-0.39, 0.29) is 11.8 Å². The number of aromatic amines is 2. The van der Waals surface area contributed by atoms with Crippen LogP contribution in [0, 0.1) is 5.92 Å². The number of amides is 2. The molecule has 0 radical (unpaired) electrons. The Morgan fingerprint density at radius 1 is 0.891 bits per heavy atom. The number of nitrogens with zero attached hydrogens (tertiary/aromatic N) is 5. The van der Waals surface area contributed by atoms with Crippen molar-refractivity contribution >= 4 is 33.6 Å². The third-order valence-electron chi connectivity index (χ3n) is 10.6. The van der Waals surface area contributed by atoms with E-state index in [0.717, 1.165) is 86.2 Å². The van der Waals surface area contributed by atoms with Gasteiger partial charge in [-0.05, 0) is 70.7 Å². The standard InChI is InChI=1S/C44H52N8O3/c1-6-18-51(41(53)20-28(4)8-3)25-39-46-24-37(48-39)31-14-16-33-32(21-31)27-55-38-23-34-30(22-35(33)38)15-17-36-42(34)49-40(47-36)26-52(19-7-2)44(54)43(50(5)45)29-12-10-9-11-13-29/h9-17,21-24,28,43H,6-8,18-20,25-27,45H2,1-5H3,(H,46,48)(H,47,49)/t28-,43+/m0/s1. The number of rotatable bonds is 15. The number of hydrogen-bond donors (Lipinski definition) is 3. The molecule has 6 aromatic rings. The largest absolute Gasteiger partial charge is 0.488 e. The van der Waals surface area contributed by atoms with Crippen LogP contribution in [0.15, 0.2) is 79.0 Å². The van der Waals surface area contributed by atoms with Gasteiger partial charge >= 0.3 is 0 Å². The molecule has 2 atom stereocenters. The number of nitrogens with two attached hydrogens (primary N) is 1. The molecule has 1 aliphatic heterocycles. The second-order valence-electron chi connectivity index (χ2n) is 14.9. The molecule has 55 heavy (non-hydrogen) atoms. The number of hydrazine groups is 1. The van der Waals surface area contributed by atoms with Gasteiger partial charge in [-0.15, -0.1) is 0 Å². The zero-order valence-corrected chi connectivity index (χ0v) is 32.6. The molecule has 1 aliphatic rings. The summed E-state index contributed by atoms with van der Waals surface area (Å²) >= 11 is 0. The number of benzene rings is 4. The van der Waals surface area contributed by atoms with E-state index >= 15 is 0 Å². The predicted molar refractivity (Wildman–Crippen MR) is 218 cm³/mol. The maximum atomic E-state index is 13.9. The van der Waals surface area contributed by atoms with E-state index in [1.165, 1.54) is 5.01 Å². The molecule has 4 N–H and O–H groups in total.